The molecule has 0 aliphatic carbocycles. The van der Waals surface area contributed by atoms with Crippen LogP contribution in [-0.2, 0) is 6.42 Å². The number of pyridine rings is 1. The highest BCUT2D eigenvalue weighted by atomic mass is 15.1. The van der Waals surface area contributed by atoms with Crippen molar-refractivity contribution >= 4 is 6.08 Å². The molecule has 86 valence electrons. The molecule has 1 saturated heterocycles. The SMILES string of the molecule is C=Cc1cccc(CCCN2CCCC2)n1. The van der Waals surface area contributed by atoms with Crippen molar-refractivity contribution in [1.82, 2.24) is 9.88 Å². The lowest BCUT2D eigenvalue weighted by molar-refractivity contribution is 0.333. The maximum Gasteiger partial charge on any atom is 0.0627 e. The Morgan fingerprint density at radius 2 is 2.12 bits per heavy atom. The summed E-state index contributed by atoms with van der Waals surface area (Å²) < 4.78 is 0. The summed E-state index contributed by atoms with van der Waals surface area (Å²) in [6, 6.07) is 6.17. The molecular weight excluding hydrogens is 196 g/mol. The first-order valence-corrected chi connectivity index (χ1v) is 6.19. The lowest BCUT2D eigenvalue weighted by Crippen LogP contribution is -2.20. The van der Waals surface area contributed by atoms with Crippen molar-refractivity contribution in [3.05, 3.63) is 36.2 Å². The van der Waals surface area contributed by atoms with Crippen molar-refractivity contribution in [3.8, 4) is 0 Å². The van der Waals surface area contributed by atoms with Crippen molar-refractivity contribution in [1.29, 1.82) is 0 Å². The molecule has 1 aromatic rings. The Balaban J connectivity index is 1.77. The zero-order valence-electron chi connectivity index (χ0n) is 9.86. The van der Waals surface area contributed by atoms with Gasteiger partial charge in [0.05, 0.1) is 5.69 Å². The van der Waals surface area contributed by atoms with E-state index < -0.39 is 0 Å². The van der Waals surface area contributed by atoms with Gasteiger partial charge in [0.2, 0.25) is 0 Å². The van der Waals surface area contributed by atoms with Crippen molar-refractivity contribution in [2.75, 3.05) is 19.6 Å². The molecule has 1 aliphatic rings. The highest BCUT2D eigenvalue weighted by Gasteiger charge is 2.10. The fraction of sp³-hybridized carbons (Fsp3) is 0.500. The second-order valence-corrected chi connectivity index (χ2v) is 4.41. The number of aryl methyl sites for hydroxylation is 1. The van der Waals surface area contributed by atoms with E-state index in [0.717, 1.165) is 12.1 Å². The zero-order chi connectivity index (χ0) is 11.2. The number of nitrogens with zero attached hydrogens (tertiary/aromatic N) is 2. The highest BCUT2D eigenvalue weighted by molar-refractivity contribution is 5.41. The van der Waals surface area contributed by atoms with Crippen LogP contribution in [0, 0.1) is 0 Å². The first-order chi connectivity index (χ1) is 7.88. The minimum atomic E-state index is 0.985. The molecule has 0 spiro atoms. The van der Waals surface area contributed by atoms with Gasteiger partial charge in [-0.3, -0.25) is 4.98 Å². The third-order valence-electron chi connectivity index (χ3n) is 3.14. The van der Waals surface area contributed by atoms with E-state index in [2.05, 4.69) is 28.6 Å². The summed E-state index contributed by atoms with van der Waals surface area (Å²) in [6.07, 6.45) is 6.87. The number of aromatic nitrogens is 1. The van der Waals surface area contributed by atoms with Crippen LogP contribution < -0.4 is 0 Å². The molecule has 0 aromatic carbocycles. The van der Waals surface area contributed by atoms with Gasteiger partial charge in [-0.05, 0) is 63.5 Å². The fourth-order valence-electron chi connectivity index (χ4n) is 2.24. The molecule has 1 aromatic heterocycles. The van der Waals surface area contributed by atoms with Crippen LogP contribution in [0.5, 0.6) is 0 Å². The second kappa shape index (κ2) is 5.80. The van der Waals surface area contributed by atoms with Crippen LogP contribution in [0.25, 0.3) is 6.08 Å². The molecule has 0 amide bonds. The molecular formula is C14H20N2. The van der Waals surface area contributed by atoms with Crippen LogP contribution in [0.2, 0.25) is 0 Å². The molecule has 2 heterocycles. The van der Waals surface area contributed by atoms with Gasteiger partial charge in [-0.15, -0.1) is 0 Å². The van der Waals surface area contributed by atoms with E-state index in [1.807, 2.05) is 12.1 Å². The maximum atomic E-state index is 4.52. The second-order valence-electron chi connectivity index (χ2n) is 4.41. The van der Waals surface area contributed by atoms with Gasteiger partial charge in [0.1, 0.15) is 0 Å². The van der Waals surface area contributed by atoms with Crippen molar-refractivity contribution < 1.29 is 0 Å². The first-order valence-electron chi connectivity index (χ1n) is 6.19. The molecule has 0 atom stereocenters. The number of hydrogen-bond acceptors (Lipinski definition) is 2. The van der Waals surface area contributed by atoms with Gasteiger partial charge in [0.15, 0.2) is 0 Å². The molecule has 0 unspecified atom stereocenters. The summed E-state index contributed by atoms with van der Waals surface area (Å²) in [5.41, 5.74) is 2.18. The van der Waals surface area contributed by atoms with E-state index in [-0.39, 0.29) is 0 Å². The lowest BCUT2D eigenvalue weighted by Gasteiger charge is -2.13. The summed E-state index contributed by atoms with van der Waals surface area (Å²) in [5, 5.41) is 0. The molecule has 0 saturated carbocycles. The van der Waals surface area contributed by atoms with Crippen LogP contribution in [0.4, 0.5) is 0 Å². The van der Waals surface area contributed by atoms with E-state index >= 15 is 0 Å². The monoisotopic (exact) mass is 216 g/mol. The topological polar surface area (TPSA) is 16.1 Å². The van der Waals surface area contributed by atoms with Gasteiger partial charge in [-0.2, -0.15) is 0 Å². The first kappa shape index (κ1) is 11.3. The number of rotatable bonds is 5. The normalized spacial score (nSPS) is 16.5. The Morgan fingerprint density at radius 1 is 1.31 bits per heavy atom. The zero-order valence-corrected chi connectivity index (χ0v) is 9.86. The largest absolute Gasteiger partial charge is 0.303 e. The van der Waals surface area contributed by atoms with E-state index in [1.54, 1.807) is 0 Å². The standard InChI is InChI=1S/C14H20N2/c1-2-13-7-5-8-14(15-13)9-6-12-16-10-3-4-11-16/h2,5,7-8H,1,3-4,6,9-12H2. The van der Waals surface area contributed by atoms with Gasteiger partial charge < -0.3 is 4.90 Å². The Labute approximate surface area is 98.0 Å². The van der Waals surface area contributed by atoms with Crippen molar-refractivity contribution in [2.45, 2.75) is 25.7 Å². The maximum absolute atomic E-state index is 4.52. The van der Waals surface area contributed by atoms with E-state index in [0.29, 0.717) is 0 Å². The highest BCUT2D eigenvalue weighted by Crippen LogP contribution is 2.09. The predicted molar refractivity (Wildman–Crippen MR) is 68.3 cm³/mol. The van der Waals surface area contributed by atoms with Crippen LogP contribution >= 0.6 is 0 Å². The number of hydrogen-bond donors (Lipinski definition) is 0. The van der Waals surface area contributed by atoms with E-state index in [9.17, 15) is 0 Å². The molecule has 16 heavy (non-hydrogen) atoms. The molecule has 1 fully saturated rings. The van der Waals surface area contributed by atoms with E-state index in [4.69, 9.17) is 0 Å². The van der Waals surface area contributed by atoms with Crippen LogP contribution in [0.3, 0.4) is 0 Å². The fourth-order valence-corrected chi connectivity index (χ4v) is 2.24. The number of likely N-dealkylation sites (tertiary alicyclic amines) is 1. The summed E-state index contributed by atoms with van der Waals surface area (Å²) in [6.45, 7) is 7.55. The third-order valence-corrected chi connectivity index (χ3v) is 3.14. The smallest absolute Gasteiger partial charge is 0.0627 e. The summed E-state index contributed by atoms with van der Waals surface area (Å²) in [5.74, 6) is 0. The third kappa shape index (κ3) is 3.17. The van der Waals surface area contributed by atoms with Crippen molar-refractivity contribution in [3.63, 3.8) is 0 Å². The average molecular weight is 216 g/mol. The van der Waals surface area contributed by atoms with Gasteiger partial charge in [0.25, 0.3) is 0 Å². The van der Waals surface area contributed by atoms with Crippen LogP contribution in [0.15, 0.2) is 24.8 Å². The molecule has 0 bridgehead atoms. The minimum Gasteiger partial charge on any atom is -0.303 e. The van der Waals surface area contributed by atoms with E-state index in [1.165, 1.54) is 44.6 Å². The molecule has 2 heteroatoms. The quantitative estimate of drug-likeness (QED) is 0.752. The summed E-state index contributed by atoms with van der Waals surface area (Å²) in [4.78, 5) is 7.07. The average Bonchev–Trinajstić information content (AvgIpc) is 2.82. The van der Waals surface area contributed by atoms with Gasteiger partial charge in [-0.25, -0.2) is 0 Å². The molecule has 0 radical (unpaired) electrons. The summed E-state index contributed by atoms with van der Waals surface area (Å²) in [7, 11) is 0. The Morgan fingerprint density at radius 3 is 2.88 bits per heavy atom. The van der Waals surface area contributed by atoms with Gasteiger partial charge in [-0.1, -0.05) is 12.6 Å². The predicted octanol–water partition coefficient (Wildman–Crippen LogP) is 2.75. The molecule has 0 N–H and O–H groups in total. The minimum absolute atomic E-state index is 0.985. The Kier molecular flexibility index (Phi) is 4.11. The van der Waals surface area contributed by atoms with Gasteiger partial charge in [0, 0.05) is 5.69 Å². The molecule has 2 nitrogen and oxygen atoms in total. The summed E-state index contributed by atoms with van der Waals surface area (Å²) >= 11 is 0. The Bertz CT molecular complexity index is 340. The van der Waals surface area contributed by atoms with Crippen LogP contribution in [0.1, 0.15) is 30.7 Å². The van der Waals surface area contributed by atoms with Crippen LogP contribution in [-0.4, -0.2) is 29.5 Å². The lowest BCUT2D eigenvalue weighted by atomic mass is 10.2. The molecule has 2 rings (SSSR count). The Hall–Kier alpha value is -1.15. The molecule has 1 aliphatic heterocycles. The van der Waals surface area contributed by atoms with Gasteiger partial charge >= 0.3 is 0 Å². The van der Waals surface area contributed by atoms with Crippen molar-refractivity contribution in [2.24, 2.45) is 0 Å².